The van der Waals surface area contributed by atoms with Gasteiger partial charge in [-0.05, 0) is 73.4 Å². The van der Waals surface area contributed by atoms with Crippen molar-refractivity contribution in [2.75, 3.05) is 19.6 Å². The molecule has 1 spiro atoms. The van der Waals surface area contributed by atoms with Gasteiger partial charge in [0.25, 0.3) is 0 Å². The maximum absolute atomic E-state index is 13.8. The van der Waals surface area contributed by atoms with Crippen LogP contribution in [0.25, 0.3) is 0 Å². The first-order valence-corrected chi connectivity index (χ1v) is 16.2. The van der Waals surface area contributed by atoms with Crippen molar-refractivity contribution in [2.24, 2.45) is 5.92 Å². The van der Waals surface area contributed by atoms with Crippen LogP contribution < -0.4 is 10.1 Å². The van der Waals surface area contributed by atoms with E-state index in [1.165, 1.54) is 12.0 Å². The molecule has 0 radical (unpaired) electrons. The van der Waals surface area contributed by atoms with Gasteiger partial charge in [-0.1, -0.05) is 72.8 Å². The number of benzene rings is 2. The minimum atomic E-state index is -0.824. The summed E-state index contributed by atoms with van der Waals surface area (Å²) < 4.78 is 7.01. The number of hydrogen-bond acceptors (Lipinski definition) is 5. The number of carbonyl (C=O) groups is 2. The van der Waals surface area contributed by atoms with Gasteiger partial charge in [0.15, 0.2) is 0 Å². The molecule has 2 heterocycles. The number of rotatable bonds is 10. The summed E-state index contributed by atoms with van der Waals surface area (Å²) in [6.45, 7) is 5.46. The molecular formula is C33H44BrN3O4. The molecule has 1 aliphatic carbocycles. The Bertz CT molecular complexity index is 1160. The zero-order chi connectivity index (χ0) is 28.8. The highest BCUT2D eigenvalue weighted by Crippen LogP contribution is 2.36. The van der Waals surface area contributed by atoms with Crippen LogP contribution in [-0.2, 0) is 22.7 Å². The van der Waals surface area contributed by atoms with Gasteiger partial charge in [-0.15, -0.1) is 0 Å². The zero-order valence-corrected chi connectivity index (χ0v) is 25.8. The molecule has 2 aromatic carbocycles. The number of halogens is 1. The van der Waals surface area contributed by atoms with Crippen LogP contribution >= 0.6 is 15.9 Å². The second-order valence-electron chi connectivity index (χ2n) is 12.1. The molecule has 2 N–H and O–H groups in total. The van der Waals surface area contributed by atoms with Crippen LogP contribution in [-0.4, -0.2) is 64.0 Å². The smallest absolute Gasteiger partial charge is 0.248 e. The zero-order valence-electron chi connectivity index (χ0n) is 24.2. The summed E-state index contributed by atoms with van der Waals surface area (Å²) >= 11 is 3.46. The highest BCUT2D eigenvalue weighted by atomic mass is 79.9. The molecule has 0 aromatic heterocycles. The first-order chi connectivity index (χ1) is 19.9. The van der Waals surface area contributed by atoms with Crippen molar-refractivity contribution in [3.05, 3.63) is 64.1 Å². The monoisotopic (exact) mass is 625 g/mol. The van der Waals surface area contributed by atoms with Crippen LogP contribution in [0.4, 0.5) is 0 Å². The Balaban J connectivity index is 1.18. The van der Waals surface area contributed by atoms with Crippen LogP contribution in [0.3, 0.4) is 0 Å². The summed E-state index contributed by atoms with van der Waals surface area (Å²) in [5.74, 6) is 0.742. The average Bonchev–Trinajstić information content (AvgIpc) is 3.00. The van der Waals surface area contributed by atoms with E-state index in [2.05, 4.69) is 45.2 Å². The Morgan fingerprint density at radius 1 is 1.00 bits per heavy atom. The number of carbonyl (C=O) groups excluding carboxylic acids is 2. The van der Waals surface area contributed by atoms with Crippen molar-refractivity contribution in [3.63, 3.8) is 0 Å². The second-order valence-corrected chi connectivity index (χ2v) is 13.0. The van der Waals surface area contributed by atoms with Crippen LogP contribution in [0.1, 0.15) is 75.8 Å². The number of likely N-dealkylation sites (tertiary alicyclic amines) is 1. The van der Waals surface area contributed by atoms with Crippen molar-refractivity contribution in [2.45, 2.75) is 95.5 Å². The molecule has 3 aliphatic rings. The lowest BCUT2D eigenvalue weighted by atomic mass is 9.78. The molecule has 222 valence electrons. The fourth-order valence-electron chi connectivity index (χ4n) is 6.73. The molecule has 1 saturated carbocycles. The lowest BCUT2D eigenvalue weighted by Crippen LogP contribution is -2.75. The van der Waals surface area contributed by atoms with Crippen molar-refractivity contribution >= 4 is 27.7 Å². The third kappa shape index (κ3) is 6.98. The molecule has 7 nitrogen and oxygen atoms in total. The van der Waals surface area contributed by atoms with Gasteiger partial charge in [0, 0.05) is 30.7 Å². The second kappa shape index (κ2) is 13.7. The molecule has 2 amide bonds. The fraction of sp³-hybridized carbons (Fsp3) is 0.576. The van der Waals surface area contributed by atoms with Gasteiger partial charge in [0.2, 0.25) is 11.8 Å². The Kier molecular flexibility index (Phi) is 10.0. The number of amides is 2. The van der Waals surface area contributed by atoms with E-state index in [4.69, 9.17) is 4.74 Å². The van der Waals surface area contributed by atoms with Gasteiger partial charge >= 0.3 is 0 Å². The van der Waals surface area contributed by atoms with Crippen molar-refractivity contribution in [1.82, 2.24) is 15.1 Å². The number of nitrogens with zero attached hydrogens (tertiary/aromatic N) is 2. The highest BCUT2D eigenvalue weighted by molar-refractivity contribution is 9.10. The summed E-state index contributed by atoms with van der Waals surface area (Å²) in [5.41, 5.74) is 1.49. The summed E-state index contributed by atoms with van der Waals surface area (Å²) in [4.78, 5) is 31.8. The summed E-state index contributed by atoms with van der Waals surface area (Å²) in [6, 6.07) is 15.5. The van der Waals surface area contributed by atoms with Gasteiger partial charge < -0.3 is 20.1 Å². The lowest BCUT2D eigenvalue weighted by molar-refractivity contribution is -0.166. The number of aliphatic hydroxyl groups is 1. The molecule has 3 fully saturated rings. The van der Waals surface area contributed by atoms with Crippen molar-refractivity contribution in [3.8, 4) is 5.75 Å². The molecule has 2 atom stereocenters. The molecule has 8 heteroatoms. The van der Waals surface area contributed by atoms with Gasteiger partial charge in [0.1, 0.15) is 23.9 Å². The van der Waals surface area contributed by atoms with E-state index in [9.17, 15) is 14.7 Å². The highest BCUT2D eigenvalue weighted by Gasteiger charge is 2.55. The predicted molar refractivity (Wildman–Crippen MR) is 163 cm³/mol. The van der Waals surface area contributed by atoms with E-state index in [1.54, 1.807) is 0 Å². The number of aliphatic hydroxyl groups excluding tert-OH is 1. The predicted octanol–water partition coefficient (Wildman–Crippen LogP) is 5.43. The Hall–Kier alpha value is -2.42. The SMILES string of the molecule is CCCCN1C(=O)[C@@H]([C@H](O)C2CCCCC2)NC(=O)C12CCN(Cc1ccc(OCc3ccc(Br)cc3)cc1)CC2. The Morgan fingerprint density at radius 3 is 2.32 bits per heavy atom. The van der Waals surface area contributed by atoms with Crippen molar-refractivity contribution < 1.29 is 19.4 Å². The van der Waals surface area contributed by atoms with E-state index in [0.29, 0.717) is 26.0 Å². The standard InChI is InChI=1S/C33H44BrN3O4/c1-2-3-19-37-31(39)29(30(38)26-7-5-4-6-8-26)35-32(40)33(37)17-20-36(21-18-33)22-24-11-15-28(16-12-24)41-23-25-9-13-27(34)14-10-25/h9-16,26,29-30,38H,2-8,17-23H2,1H3,(H,35,40)/t29-,30-/m1/s1. The van der Waals surface area contributed by atoms with Crippen molar-refractivity contribution in [1.29, 1.82) is 0 Å². The van der Waals surface area contributed by atoms with E-state index in [0.717, 1.165) is 73.9 Å². The number of ether oxygens (including phenoxy) is 1. The number of unbranched alkanes of at least 4 members (excludes halogenated alkanes) is 1. The van der Waals surface area contributed by atoms with Crippen LogP contribution in [0.15, 0.2) is 53.0 Å². The molecule has 2 saturated heterocycles. The molecular weight excluding hydrogens is 582 g/mol. The molecule has 5 rings (SSSR count). The number of piperidine rings is 1. The van der Waals surface area contributed by atoms with Gasteiger partial charge in [-0.3, -0.25) is 14.5 Å². The quantitative estimate of drug-likeness (QED) is 0.368. The normalized spacial score (nSPS) is 22.5. The minimum Gasteiger partial charge on any atom is -0.489 e. The fourth-order valence-corrected chi connectivity index (χ4v) is 7.00. The number of nitrogens with one attached hydrogen (secondary N) is 1. The molecule has 2 aromatic rings. The van der Waals surface area contributed by atoms with E-state index >= 15 is 0 Å². The van der Waals surface area contributed by atoms with Crippen LogP contribution in [0.2, 0.25) is 0 Å². The first-order valence-electron chi connectivity index (χ1n) is 15.4. The van der Waals surface area contributed by atoms with E-state index in [1.807, 2.05) is 41.3 Å². The molecule has 0 bridgehead atoms. The maximum Gasteiger partial charge on any atom is 0.248 e. The summed E-state index contributed by atoms with van der Waals surface area (Å²) in [7, 11) is 0. The first kappa shape index (κ1) is 30.1. The Morgan fingerprint density at radius 2 is 1.66 bits per heavy atom. The van der Waals surface area contributed by atoms with Crippen LogP contribution in [0.5, 0.6) is 5.75 Å². The number of piperazine rings is 1. The van der Waals surface area contributed by atoms with Gasteiger partial charge in [-0.25, -0.2) is 0 Å². The average molecular weight is 627 g/mol. The Labute approximate surface area is 252 Å². The largest absolute Gasteiger partial charge is 0.489 e. The van der Waals surface area contributed by atoms with Crippen LogP contribution in [0, 0.1) is 5.92 Å². The summed E-state index contributed by atoms with van der Waals surface area (Å²) in [5, 5.41) is 14.2. The molecule has 0 unspecified atom stereocenters. The number of hydrogen-bond donors (Lipinski definition) is 2. The summed E-state index contributed by atoms with van der Waals surface area (Å²) in [6.07, 6.45) is 7.40. The van der Waals surface area contributed by atoms with E-state index in [-0.39, 0.29) is 17.7 Å². The maximum atomic E-state index is 13.8. The van der Waals surface area contributed by atoms with Gasteiger partial charge in [-0.2, -0.15) is 0 Å². The lowest BCUT2D eigenvalue weighted by Gasteiger charge is -2.52. The molecule has 2 aliphatic heterocycles. The third-order valence-corrected chi connectivity index (χ3v) is 9.83. The minimum absolute atomic E-state index is 0.0829. The topological polar surface area (TPSA) is 82.1 Å². The van der Waals surface area contributed by atoms with Gasteiger partial charge in [0.05, 0.1) is 6.10 Å². The van der Waals surface area contributed by atoms with E-state index < -0.39 is 17.7 Å². The molecule has 41 heavy (non-hydrogen) atoms. The third-order valence-electron chi connectivity index (χ3n) is 9.30.